The van der Waals surface area contributed by atoms with Crippen molar-refractivity contribution in [1.82, 2.24) is 14.1 Å². The number of fused-ring (bicyclic) bond motifs is 1. The van der Waals surface area contributed by atoms with Gasteiger partial charge < -0.3 is 4.90 Å². The van der Waals surface area contributed by atoms with E-state index in [4.69, 9.17) is 0 Å². The van der Waals surface area contributed by atoms with E-state index in [0.29, 0.717) is 25.2 Å². The van der Waals surface area contributed by atoms with Crippen molar-refractivity contribution < 1.29 is 13.2 Å². The van der Waals surface area contributed by atoms with Crippen LogP contribution in [0.3, 0.4) is 0 Å². The highest BCUT2D eigenvalue weighted by molar-refractivity contribution is 7.93. The number of hydrogen-bond acceptors (Lipinski definition) is 4. The molecule has 0 fully saturated rings. The van der Waals surface area contributed by atoms with E-state index in [2.05, 4.69) is 11.7 Å². The molecule has 0 saturated heterocycles. The number of carbonyl (C=O) groups excluding carboxylic acids is 1. The first-order valence-corrected chi connectivity index (χ1v) is 9.75. The molecule has 0 atom stereocenters. The maximum atomic E-state index is 12.6. The topological polar surface area (TPSA) is 72.3 Å². The van der Waals surface area contributed by atoms with Crippen molar-refractivity contribution >= 4 is 15.9 Å². The molecular weight excluding hydrogens is 350 g/mol. The second-order valence-corrected chi connectivity index (χ2v) is 8.02. The van der Waals surface area contributed by atoms with Gasteiger partial charge in [-0.1, -0.05) is 36.9 Å². The molecule has 0 bridgehead atoms. The van der Waals surface area contributed by atoms with Gasteiger partial charge in [0.05, 0.1) is 23.6 Å². The summed E-state index contributed by atoms with van der Waals surface area (Å²) in [7, 11) is -3.73. The summed E-state index contributed by atoms with van der Waals surface area (Å²) in [5.41, 5.74) is 3.45. The van der Waals surface area contributed by atoms with E-state index < -0.39 is 10.0 Å². The van der Waals surface area contributed by atoms with Crippen LogP contribution in [-0.4, -0.2) is 28.4 Å². The van der Waals surface area contributed by atoms with Crippen molar-refractivity contribution in [3.63, 3.8) is 0 Å². The zero-order valence-electron chi connectivity index (χ0n) is 14.8. The van der Waals surface area contributed by atoms with Crippen LogP contribution in [0, 0.1) is 6.92 Å². The van der Waals surface area contributed by atoms with Crippen LogP contribution in [0.15, 0.2) is 54.1 Å². The minimum Gasteiger partial charge on any atom is -0.332 e. The van der Waals surface area contributed by atoms with Gasteiger partial charge in [-0.05, 0) is 31.1 Å². The lowest BCUT2D eigenvalue weighted by molar-refractivity contribution is -0.131. The maximum Gasteiger partial charge on any atom is 0.282 e. The Balaban J connectivity index is 1.75. The Bertz CT molecular complexity index is 979. The van der Waals surface area contributed by atoms with E-state index in [1.807, 2.05) is 31.2 Å². The Morgan fingerprint density at radius 3 is 2.65 bits per heavy atom. The van der Waals surface area contributed by atoms with Crippen LogP contribution in [0.2, 0.25) is 0 Å². The molecular formula is C19H21N3O3S. The second-order valence-electron chi connectivity index (χ2n) is 6.23. The Labute approximate surface area is 153 Å². The second kappa shape index (κ2) is 6.92. The molecule has 3 rings (SSSR count). The normalized spacial score (nSPS) is 14.4. The van der Waals surface area contributed by atoms with E-state index in [9.17, 15) is 13.2 Å². The Hall–Kier alpha value is -2.67. The van der Waals surface area contributed by atoms with Crippen molar-refractivity contribution in [2.24, 2.45) is 0 Å². The molecule has 7 heteroatoms. The van der Waals surface area contributed by atoms with E-state index in [-0.39, 0.29) is 10.8 Å². The van der Waals surface area contributed by atoms with E-state index in [1.165, 1.54) is 18.3 Å². The first kappa shape index (κ1) is 18.1. The molecule has 0 saturated carbocycles. The molecule has 2 aromatic rings. The number of aromatic nitrogens is 2. The summed E-state index contributed by atoms with van der Waals surface area (Å²) in [6.45, 7) is 7.84. The lowest BCUT2D eigenvalue weighted by atomic mass is 10.1. The van der Waals surface area contributed by atoms with E-state index in [0.717, 1.165) is 20.8 Å². The summed E-state index contributed by atoms with van der Waals surface area (Å²) in [5, 5.41) is 4.18. The van der Waals surface area contributed by atoms with Gasteiger partial charge in [0.2, 0.25) is 5.91 Å². The lowest BCUT2D eigenvalue weighted by Gasteiger charge is -2.16. The van der Waals surface area contributed by atoms with Gasteiger partial charge in [0, 0.05) is 18.3 Å². The third-order valence-electron chi connectivity index (χ3n) is 4.54. The van der Waals surface area contributed by atoms with Gasteiger partial charge in [-0.2, -0.15) is 17.6 Å². The predicted octanol–water partition coefficient (Wildman–Crippen LogP) is 2.54. The SMILES string of the molecule is C=C/C(=C\C)S(=O)(=O)n1cc2c(n1)CN(C(=O)Cc1ccccc1C)C2. The van der Waals surface area contributed by atoms with Gasteiger partial charge >= 0.3 is 0 Å². The lowest BCUT2D eigenvalue weighted by Crippen LogP contribution is -2.28. The van der Waals surface area contributed by atoms with Crippen molar-refractivity contribution in [3.8, 4) is 0 Å². The van der Waals surface area contributed by atoms with Crippen molar-refractivity contribution in [2.45, 2.75) is 33.4 Å². The van der Waals surface area contributed by atoms with Crippen LogP contribution in [0.5, 0.6) is 0 Å². The number of carbonyl (C=O) groups is 1. The summed E-state index contributed by atoms with van der Waals surface area (Å²) in [6, 6.07) is 7.79. The number of nitrogens with zero attached hydrogens (tertiary/aromatic N) is 3. The van der Waals surface area contributed by atoms with Gasteiger partial charge in [0.15, 0.2) is 0 Å². The van der Waals surface area contributed by atoms with Gasteiger partial charge in [0.25, 0.3) is 10.0 Å². The fraction of sp³-hybridized carbons (Fsp3) is 0.263. The van der Waals surface area contributed by atoms with E-state index in [1.54, 1.807) is 11.8 Å². The number of rotatable bonds is 5. The first-order chi connectivity index (χ1) is 12.4. The number of amides is 1. The Kier molecular flexibility index (Phi) is 4.82. The van der Waals surface area contributed by atoms with E-state index >= 15 is 0 Å². The summed E-state index contributed by atoms with van der Waals surface area (Å²) in [5.74, 6) is 0.00643. The molecule has 1 amide bonds. The summed E-state index contributed by atoms with van der Waals surface area (Å²) < 4.78 is 25.9. The molecule has 1 aromatic carbocycles. The zero-order valence-corrected chi connectivity index (χ0v) is 15.7. The molecule has 1 aliphatic rings. The third-order valence-corrected chi connectivity index (χ3v) is 6.22. The fourth-order valence-electron chi connectivity index (χ4n) is 2.99. The summed E-state index contributed by atoms with van der Waals surface area (Å²) >= 11 is 0. The highest BCUT2D eigenvalue weighted by Crippen LogP contribution is 2.24. The van der Waals surface area contributed by atoms with Crippen molar-refractivity contribution in [3.05, 3.63) is 76.5 Å². The monoisotopic (exact) mass is 371 g/mol. The predicted molar refractivity (Wildman–Crippen MR) is 99.6 cm³/mol. The molecule has 0 spiro atoms. The van der Waals surface area contributed by atoms with Gasteiger partial charge in [0.1, 0.15) is 0 Å². The number of aryl methyl sites for hydroxylation is 1. The molecule has 0 unspecified atom stereocenters. The average molecular weight is 371 g/mol. The smallest absolute Gasteiger partial charge is 0.282 e. The third kappa shape index (κ3) is 3.22. The quantitative estimate of drug-likeness (QED) is 0.757. The Morgan fingerprint density at radius 2 is 2.04 bits per heavy atom. The standard InChI is InChI=1S/C19H21N3O3S/c1-4-17(5-2)26(24,25)22-12-16-11-21(13-18(16)20-22)19(23)10-15-9-7-6-8-14(15)3/h4-9,12H,1,10-11,13H2,2-3H3/b17-5+. The van der Waals surface area contributed by atoms with Crippen LogP contribution in [0.25, 0.3) is 0 Å². The summed E-state index contributed by atoms with van der Waals surface area (Å²) in [4.78, 5) is 14.4. The van der Waals surface area contributed by atoms with Gasteiger partial charge in [-0.25, -0.2) is 0 Å². The molecule has 1 aromatic heterocycles. The fourth-order valence-corrected chi connectivity index (χ4v) is 4.19. The van der Waals surface area contributed by atoms with Crippen LogP contribution in [0.1, 0.15) is 29.3 Å². The highest BCUT2D eigenvalue weighted by atomic mass is 32.2. The minimum atomic E-state index is -3.73. The van der Waals surface area contributed by atoms with Crippen LogP contribution >= 0.6 is 0 Å². The van der Waals surface area contributed by atoms with Gasteiger partial charge in [-0.3, -0.25) is 4.79 Å². The molecule has 1 aliphatic heterocycles. The number of benzene rings is 1. The van der Waals surface area contributed by atoms with Crippen molar-refractivity contribution in [2.75, 3.05) is 0 Å². The summed E-state index contributed by atoms with van der Waals surface area (Å²) in [6.07, 6.45) is 4.58. The average Bonchev–Trinajstić information content (AvgIpc) is 3.17. The molecule has 2 heterocycles. The molecule has 0 aliphatic carbocycles. The molecule has 136 valence electrons. The molecule has 6 nitrogen and oxygen atoms in total. The minimum absolute atomic E-state index is 0.00643. The maximum absolute atomic E-state index is 12.6. The molecule has 0 radical (unpaired) electrons. The van der Waals surface area contributed by atoms with Gasteiger partial charge in [-0.15, -0.1) is 0 Å². The molecule has 0 N–H and O–H groups in total. The first-order valence-electron chi connectivity index (χ1n) is 8.31. The number of hydrogen-bond donors (Lipinski definition) is 0. The largest absolute Gasteiger partial charge is 0.332 e. The number of allylic oxidation sites excluding steroid dienone is 2. The van der Waals surface area contributed by atoms with Crippen molar-refractivity contribution in [1.29, 1.82) is 0 Å². The highest BCUT2D eigenvalue weighted by Gasteiger charge is 2.29. The van der Waals surface area contributed by atoms with Crippen LogP contribution in [-0.2, 0) is 34.3 Å². The van der Waals surface area contributed by atoms with Crippen LogP contribution < -0.4 is 0 Å². The molecule has 26 heavy (non-hydrogen) atoms. The Morgan fingerprint density at radius 1 is 1.31 bits per heavy atom. The van der Waals surface area contributed by atoms with Crippen LogP contribution in [0.4, 0.5) is 0 Å². The zero-order chi connectivity index (χ0) is 18.9.